The Hall–Kier alpha value is -3.29. The molecule has 0 amide bonds. The Morgan fingerprint density at radius 2 is 1.68 bits per heavy atom. The highest BCUT2D eigenvalue weighted by atomic mass is 35.5. The molecule has 7 nitrogen and oxygen atoms in total. The third-order valence-corrected chi connectivity index (χ3v) is 5.24. The molecule has 2 heterocycles. The predicted molar refractivity (Wildman–Crippen MR) is 117 cm³/mol. The monoisotopic (exact) mass is 440 g/mol. The summed E-state index contributed by atoms with van der Waals surface area (Å²) in [7, 11) is 1.28. The van der Waals surface area contributed by atoms with E-state index in [9.17, 15) is 9.59 Å². The zero-order valence-corrected chi connectivity index (χ0v) is 17.7. The maximum Gasteiger partial charge on any atom is 0.424 e. The Bertz CT molecular complexity index is 1070. The van der Waals surface area contributed by atoms with Crippen molar-refractivity contribution in [2.75, 3.05) is 38.3 Å². The number of anilines is 1. The Kier molecular flexibility index (Phi) is 6.25. The Morgan fingerprint density at radius 1 is 1.00 bits per heavy atom. The lowest BCUT2D eigenvalue weighted by molar-refractivity contribution is 0.0588. The number of benzene rings is 2. The maximum atomic E-state index is 13.1. The molecule has 3 aromatic rings. The molecular formula is C23H21ClN2O5. The fourth-order valence-electron chi connectivity index (χ4n) is 3.52. The lowest BCUT2D eigenvalue weighted by Gasteiger charge is -2.30. The minimum absolute atomic E-state index is 0.107. The Balaban J connectivity index is 1.86. The molecule has 1 fully saturated rings. The Labute approximate surface area is 184 Å². The van der Waals surface area contributed by atoms with E-state index in [-0.39, 0.29) is 5.69 Å². The molecule has 31 heavy (non-hydrogen) atoms. The van der Waals surface area contributed by atoms with E-state index in [0.717, 1.165) is 5.56 Å². The van der Waals surface area contributed by atoms with Crippen LogP contribution in [0.25, 0.3) is 11.1 Å². The molecule has 0 bridgehead atoms. The summed E-state index contributed by atoms with van der Waals surface area (Å²) in [5, 5.41) is 0.591. The molecule has 160 valence electrons. The summed E-state index contributed by atoms with van der Waals surface area (Å²) in [5.41, 5.74) is 2.21. The van der Waals surface area contributed by atoms with Gasteiger partial charge in [0.2, 0.25) is 0 Å². The third kappa shape index (κ3) is 4.42. The van der Waals surface area contributed by atoms with Gasteiger partial charge in [0.25, 0.3) is 0 Å². The van der Waals surface area contributed by atoms with Gasteiger partial charge >= 0.3 is 12.1 Å². The first kappa shape index (κ1) is 21.0. The molecule has 1 aliphatic rings. The van der Waals surface area contributed by atoms with Crippen LogP contribution in [0.4, 0.5) is 10.5 Å². The first-order valence-electron chi connectivity index (χ1n) is 9.78. The zero-order valence-electron chi connectivity index (χ0n) is 16.9. The average Bonchev–Trinajstić information content (AvgIpc) is 3.21. The maximum absolute atomic E-state index is 13.1. The molecule has 0 N–H and O–H groups in total. The van der Waals surface area contributed by atoms with E-state index < -0.39 is 12.1 Å². The van der Waals surface area contributed by atoms with Gasteiger partial charge in [-0.15, -0.1) is 0 Å². The van der Waals surface area contributed by atoms with Crippen molar-refractivity contribution >= 4 is 29.4 Å². The molecule has 0 unspecified atom stereocenters. The van der Waals surface area contributed by atoms with Gasteiger partial charge in [0.15, 0.2) is 5.69 Å². The molecule has 0 aliphatic carbocycles. The number of para-hydroxylation sites is 1. The number of nitrogens with zero attached hydrogens (tertiary/aromatic N) is 2. The molecule has 0 atom stereocenters. The second kappa shape index (κ2) is 9.24. The summed E-state index contributed by atoms with van der Waals surface area (Å²) in [4.78, 5) is 27.9. The number of aromatic nitrogens is 1. The highest BCUT2D eigenvalue weighted by Crippen LogP contribution is 2.37. The van der Waals surface area contributed by atoms with Crippen molar-refractivity contribution in [2.24, 2.45) is 0 Å². The normalized spacial score (nSPS) is 13.7. The highest BCUT2D eigenvalue weighted by molar-refractivity contribution is 6.30. The smallest absolute Gasteiger partial charge is 0.424 e. The number of rotatable bonds is 4. The fourth-order valence-corrected chi connectivity index (χ4v) is 3.64. The van der Waals surface area contributed by atoms with E-state index in [1.54, 1.807) is 42.6 Å². The van der Waals surface area contributed by atoms with Crippen LogP contribution in [0, 0.1) is 0 Å². The molecule has 1 saturated heterocycles. The van der Waals surface area contributed by atoms with Crippen LogP contribution < -0.4 is 9.64 Å². The van der Waals surface area contributed by atoms with Gasteiger partial charge in [-0.2, -0.15) is 0 Å². The number of esters is 1. The number of carbonyl (C=O) groups is 2. The number of hydrogen-bond acceptors (Lipinski definition) is 6. The molecule has 8 heteroatoms. The second-order valence-corrected chi connectivity index (χ2v) is 7.33. The number of hydrogen-bond donors (Lipinski definition) is 0. The Morgan fingerprint density at radius 3 is 2.32 bits per heavy atom. The van der Waals surface area contributed by atoms with Gasteiger partial charge in [0, 0.05) is 29.9 Å². The number of halogens is 1. The van der Waals surface area contributed by atoms with Crippen molar-refractivity contribution < 1.29 is 23.8 Å². The van der Waals surface area contributed by atoms with Gasteiger partial charge in [0.1, 0.15) is 5.75 Å². The third-order valence-electron chi connectivity index (χ3n) is 4.98. The number of morpholine rings is 1. The van der Waals surface area contributed by atoms with Crippen LogP contribution >= 0.6 is 11.6 Å². The van der Waals surface area contributed by atoms with Crippen molar-refractivity contribution in [1.29, 1.82) is 0 Å². The van der Waals surface area contributed by atoms with Crippen molar-refractivity contribution in [3.8, 4) is 16.9 Å². The standard InChI is InChI=1S/C23H21ClN2O5/c1-29-22(27)21-20(25-11-13-30-14-12-25)19(16-7-9-17(24)10-8-16)15-26(21)23(28)31-18-5-3-2-4-6-18/h2-10,15H,11-14H2,1H3. The SMILES string of the molecule is COC(=O)c1c(N2CCOCC2)c(-c2ccc(Cl)cc2)cn1C(=O)Oc1ccccc1. The van der Waals surface area contributed by atoms with E-state index in [0.29, 0.717) is 48.3 Å². The summed E-state index contributed by atoms with van der Waals surface area (Å²) < 4.78 is 17.2. The predicted octanol–water partition coefficient (Wildman–Crippen LogP) is 4.48. The van der Waals surface area contributed by atoms with Crippen LogP contribution in [-0.4, -0.2) is 50.0 Å². The average molecular weight is 441 g/mol. The van der Waals surface area contributed by atoms with Crippen molar-refractivity contribution in [3.05, 3.63) is 71.5 Å². The van der Waals surface area contributed by atoms with E-state index in [4.69, 9.17) is 25.8 Å². The molecule has 1 aromatic heterocycles. The summed E-state index contributed by atoms with van der Waals surface area (Å²) in [5.74, 6) is -0.260. The van der Waals surface area contributed by atoms with Crippen LogP contribution in [0.3, 0.4) is 0 Å². The van der Waals surface area contributed by atoms with Crippen LogP contribution in [0.5, 0.6) is 5.75 Å². The quantitative estimate of drug-likeness (QED) is 0.557. The van der Waals surface area contributed by atoms with Crippen molar-refractivity contribution in [1.82, 2.24) is 4.57 Å². The summed E-state index contributed by atoms with van der Waals surface area (Å²) in [6.45, 7) is 2.17. The second-order valence-electron chi connectivity index (χ2n) is 6.89. The molecule has 1 aliphatic heterocycles. The van der Waals surface area contributed by atoms with E-state index in [2.05, 4.69) is 0 Å². The van der Waals surface area contributed by atoms with Gasteiger partial charge in [-0.3, -0.25) is 0 Å². The largest absolute Gasteiger partial charge is 0.464 e. The summed E-state index contributed by atoms with van der Waals surface area (Å²) >= 11 is 6.06. The zero-order chi connectivity index (χ0) is 21.8. The molecule has 4 rings (SSSR count). The lowest BCUT2D eigenvalue weighted by Crippen LogP contribution is -2.37. The van der Waals surface area contributed by atoms with Gasteiger partial charge in [-0.1, -0.05) is 41.9 Å². The van der Waals surface area contributed by atoms with E-state index in [1.165, 1.54) is 11.7 Å². The van der Waals surface area contributed by atoms with Gasteiger partial charge in [0.05, 0.1) is 26.0 Å². The number of carbonyl (C=O) groups excluding carboxylic acids is 2. The minimum Gasteiger partial charge on any atom is -0.464 e. The number of ether oxygens (including phenoxy) is 3. The number of methoxy groups -OCH3 is 1. The van der Waals surface area contributed by atoms with Crippen molar-refractivity contribution in [3.63, 3.8) is 0 Å². The van der Waals surface area contributed by atoms with E-state index >= 15 is 0 Å². The van der Waals surface area contributed by atoms with Crippen LogP contribution in [0.15, 0.2) is 60.8 Å². The molecule has 0 spiro atoms. The van der Waals surface area contributed by atoms with Crippen LogP contribution in [0.1, 0.15) is 10.5 Å². The van der Waals surface area contributed by atoms with Crippen LogP contribution in [-0.2, 0) is 9.47 Å². The minimum atomic E-state index is -0.707. The summed E-state index contributed by atoms with van der Waals surface area (Å²) in [6, 6.07) is 15.9. The molecular weight excluding hydrogens is 420 g/mol. The summed E-state index contributed by atoms with van der Waals surface area (Å²) in [6.07, 6.45) is 0.896. The highest BCUT2D eigenvalue weighted by Gasteiger charge is 2.31. The van der Waals surface area contributed by atoms with Crippen molar-refractivity contribution in [2.45, 2.75) is 0 Å². The van der Waals surface area contributed by atoms with Gasteiger partial charge < -0.3 is 19.1 Å². The molecule has 0 radical (unpaired) electrons. The van der Waals surface area contributed by atoms with Gasteiger partial charge in [-0.05, 0) is 29.8 Å². The first-order valence-corrected chi connectivity index (χ1v) is 10.2. The van der Waals surface area contributed by atoms with Gasteiger partial charge in [-0.25, -0.2) is 14.2 Å². The van der Waals surface area contributed by atoms with E-state index in [1.807, 2.05) is 23.1 Å². The first-order chi connectivity index (χ1) is 15.1. The topological polar surface area (TPSA) is 70.0 Å². The molecule has 0 saturated carbocycles. The fraction of sp³-hybridized carbons (Fsp3) is 0.217. The molecule has 2 aromatic carbocycles. The lowest BCUT2D eigenvalue weighted by atomic mass is 10.1. The van der Waals surface area contributed by atoms with Crippen LogP contribution in [0.2, 0.25) is 5.02 Å².